The van der Waals surface area contributed by atoms with Gasteiger partial charge in [-0.05, 0) is 30.6 Å². The maximum absolute atomic E-state index is 2.38. The highest BCUT2D eigenvalue weighted by atomic mass is 14.5. The summed E-state index contributed by atoms with van der Waals surface area (Å²) in [7, 11) is 0. The smallest absolute Gasteiger partial charge is 0.0271 e. The molecule has 1 aliphatic carbocycles. The van der Waals surface area contributed by atoms with E-state index >= 15 is 0 Å². The molecular formula is C13H26. The molecule has 1 fully saturated rings. The van der Waals surface area contributed by atoms with Crippen LogP contribution < -0.4 is 0 Å². The van der Waals surface area contributed by atoms with Crippen LogP contribution in [0.4, 0.5) is 0 Å². The standard InChI is InChI=1S/C13H26/c1-4-7-8-9-12(5-2)13(6-3)10-11-13/h12H,4-11H2,1-3H3. The number of unbranched alkanes of at least 4 members (excludes halogenated alkanes) is 2. The van der Waals surface area contributed by atoms with Crippen LogP contribution >= 0.6 is 0 Å². The van der Waals surface area contributed by atoms with E-state index in [1.807, 2.05) is 0 Å². The molecule has 0 aliphatic heterocycles. The van der Waals surface area contributed by atoms with Gasteiger partial charge in [0.15, 0.2) is 0 Å². The molecule has 0 bridgehead atoms. The zero-order chi connectivity index (χ0) is 9.73. The van der Waals surface area contributed by atoms with Gasteiger partial charge in [0.1, 0.15) is 0 Å². The third-order valence-corrected chi connectivity index (χ3v) is 4.11. The second-order valence-electron chi connectivity index (χ2n) is 4.82. The summed E-state index contributed by atoms with van der Waals surface area (Å²) in [6.07, 6.45) is 11.7. The normalized spacial score (nSPS) is 21.5. The van der Waals surface area contributed by atoms with Gasteiger partial charge in [0.25, 0.3) is 0 Å². The zero-order valence-electron chi connectivity index (χ0n) is 9.73. The molecule has 0 aromatic heterocycles. The Balaban J connectivity index is 2.26. The van der Waals surface area contributed by atoms with Gasteiger partial charge in [-0.15, -0.1) is 0 Å². The van der Waals surface area contributed by atoms with Crippen molar-refractivity contribution in [2.45, 2.75) is 72.1 Å². The van der Waals surface area contributed by atoms with E-state index in [2.05, 4.69) is 20.8 Å². The summed E-state index contributed by atoms with van der Waals surface area (Å²) in [5, 5.41) is 0. The average Bonchev–Trinajstić information content (AvgIpc) is 2.93. The molecule has 78 valence electrons. The summed E-state index contributed by atoms with van der Waals surface area (Å²) in [6.45, 7) is 7.06. The quantitative estimate of drug-likeness (QED) is 0.497. The predicted octanol–water partition coefficient (Wildman–Crippen LogP) is 4.78. The first-order valence-corrected chi connectivity index (χ1v) is 6.29. The fraction of sp³-hybridized carbons (Fsp3) is 1.00. The van der Waals surface area contributed by atoms with Gasteiger partial charge in [0.05, 0.1) is 0 Å². The molecule has 0 radical (unpaired) electrons. The minimum atomic E-state index is 0.808. The van der Waals surface area contributed by atoms with Crippen LogP contribution in [0.3, 0.4) is 0 Å². The summed E-state index contributed by atoms with van der Waals surface area (Å²) in [5.74, 6) is 1.05. The van der Waals surface area contributed by atoms with Crippen LogP contribution in [-0.2, 0) is 0 Å². The fourth-order valence-electron chi connectivity index (χ4n) is 2.80. The molecule has 0 amide bonds. The Morgan fingerprint density at radius 1 is 1.08 bits per heavy atom. The molecule has 1 unspecified atom stereocenters. The van der Waals surface area contributed by atoms with Crippen molar-refractivity contribution in [2.75, 3.05) is 0 Å². The van der Waals surface area contributed by atoms with Crippen molar-refractivity contribution < 1.29 is 0 Å². The van der Waals surface area contributed by atoms with Crippen LogP contribution in [-0.4, -0.2) is 0 Å². The Bertz CT molecular complexity index is 133. The van der Waals surface area contributed by atoms with Crippen LogP contribution in [0, 0.1) is 11.3 Å². The summed E-state index contributed by atoms with van der Waals surface area (Å²) >= 11 is 0. The van der Waals surface area contributed by atoms with Gasteiger partial charge >= 0.3 is 0 Å². The Morgan fingerprint density at radius 3 is 2.15 bits per heavy atom. The van der Waals surface area contributed by atoms with E-state index in [-0.39, 0.29) is 0 Å². The average molecular weight is 182 g/mol. The first-order valence-electron chi connectivity index (χ1n) is 6.29. The highest BCUT2D eigenvalue weighted by Crippen LogP contribution is 2.57. The SMILES string of the molecule is CCCCCC(CC)C1(CC)CC1. The third-order valence-electron chi connectivity index (χ3n) is 4.11. The zero-order valence-corrected chi connectivity index (χ0v) is 9.73. The molecule has 0 aromatic rings. The molecular weight excluding hydrogens is 156 g/mol. The van der Waals surface area contributed by atoms with Gasteiger partial charge in [-0.1, -0.05) is 52.9 Å². The summed E-state index contributed by atoms with van der Waals surface area (Å²) < 4.78 is 0. The Labute approximate surface area is 84.1 Å². The van der Waals surface area contributed by atoms with E-state index in [0.29, 0.717) is 0 Å². The van der Waals surface area contributed by atoms with E-state index in [1.54, 1.807) is 0 Å². The van der Waals surface area contributed by atoms with Crippen LogP contribution in [0.1, 0.15) is 72.1 Å². The van der Waals surface area contributed by atoms with Crippen molar-refractivity contribution in [3.63, 3.8) is 0 Å². The number of rotatable bonds is 7. The lowest BCUT2D eigenvalue weighted by Crippen LogP contribution is -2.14. The topological polar surface area (TPSA) is 0 Å². The molecule has 0 heterocycles. The van der Waals surface area contributed by atoms with Crippen molar-refractivity contribution in [1.82, 2.24) is 0 Å². The molecule has 0 saturated heterocycles. The van der Waals surface area contributed by atoms with Crippen LogP contribution in [0.15, 0.2) is 0 Å². The molecule has 0 N–H and O–H groups in total. The lowest BCUT2D eigenvalue weighted by molar-refractivity contribution is 0.263. The highest BCUT2D eigenvalue weighted by molar-refractivity contribution is 4.96. The Kier molecular flexibility index (Phi) is 4.28. The van der Waals surface area contributed by atoms with Gasteiger partial charge in [0.2, 0.25) is 0 Å². The van der Waals surface area contributed by atoms with Crippen molar-refractivity contribution in [3.05, 3.63) is 0 Å². The minimum Gasteiger partial charge on any atom is -0.0654 e. The van der Waals surface area contributed by atoms with E-state index in [1.165, 1.54) is 51.4 Å². The van der Waals surface area contributed by atoms with E-state index in [4.69, 9.17) is 0 Å². The lowest BCUT2D eigenvalue weighted by atomic mass is 9.81. The second kappa shape index (κ2) is 5.02. The number of hydrogen-bond acceptors (Lipinski definition) is 0. The largest absolute Gasteiger partial charge is 0.0654 e. The van der Waals surface area contributed by atoms with E-state index in [0.717, 1.165) is 11.3 Å². The van der Waals surface area contributed by atoms with Crippen molar-refractivity contribution in [2.24, 2.45) is 11.3 Å². The predicted molar refractivity (Wildman–Crippen MR) is 59.9 cm³/mol. The third kappa shape index (κ3) is 2.72. The van der Waals surface area contributed by atoms with Crippen molar-refractivity contribution in [3.8, 4) is 0 Å². The monoisotopic (exact) mass is 182 g/mol. The molecule has 1 atom stereocenters. The fourth-order valence-corrected chi connectivity index (χ4v) is 2.80. The lowest BCUT2D eigenvalue weighted by Gasteiger charge is -2.24. The minimum absolute atomic E-state index is 0.808. The summed E-state index contributed by atoms with van der Waals surface area (Å²) in [4.78, 5) is 0. The molecule has 0 nitrogen and oxygen atoms in total. The van der Waals surface area contributed by atoms with Gasteiger partial charge in [-0.3, -0.25) is 0 Å². The molecule has 13 heavy (non-hydrogen) atoms. The second-order valence-corrected chi connectivity index (χ2v) is 4.82. The molecule has 0 heteroatoms. The number of hydrogen-bond donors (Lipinski definition) is 0. The summed E-state index contributed by atoms with van der Waals surface area (Å²) in [5.41, 5.74) is 0.808. The first-order chi connectivity index (χ1) is 6.29. The van der Waals surface area contributed by atoms with Crippen molar-refractivity contribution >= 4 is 0 Å². The van der Waals surface area contributed by atoms with E-state index in [9.17, 15) is 0 Å². The van der Waals surface area contributed by atoms with Crippen LogP contribution in [0.2, 0.25) is 0 Å². The molecule has 1 saturated carbocycles. The molecule has 1 aliphatic rings. The van der Waals surface area contributed by atoms with Gasteiger partial charge < -0.3 is 0 Å². The first kappa shape index (κ1) is 11.1. The van der Waals surface area contributed by atoms with Gasteiger partial charge in [-0.25, -0.2) is 0 Å². The molecule has 0 spiro atoms. The summed E-state index contributed by atoms with van der Waals surface area (Å²) in [6, 6.07) is 0. The van der Waals surface area contributed by atoms with Crippen LogP contribution in [0.25, 0.3) is 0 Å². The Hall–Kier alpha value is 0. The molecule has 0 aromatic carbocycles. The van der Waals surface area contributed by atoms with Gasteiger partial charge in [-0.2, -0.15) is 0 Å². The maximum atomic E-state index is 2.38. The molecule has 1 rings (SSSR count). The Morgan fingerprint density at radius 2 is 1.77 bits per heavy atom. The van der Waals surface area contributed by atoms with Crippen LogP contribution in [0.5, 0.6) is 0 Å². The highest BCUT2D eigenvalue weighted by Gasteiger charge is 2.45. The van der Waals surface area contributed by atoms with E-state index < -0.39 is 0 Å². The maximum Gasteiger partial charge on any atom is -0.0271 e. The van der Waals surface area contributed by atoms with Crippen molar-refractivity contribution in [1.29, 1.82) is 0 Å². The van der Waals surface area contributed by atoms with Gasteiger partial charge in [0, 0.05) is 0 Å².